The number of aryl methyl sites for hydroxylation is 1. The van der Waals surface area contributed by atoms with Crippen LogP contribution in [0.5, 0.6) is 5.88 Å². The molecule has 130 valence electrons. The number of halogens is 1. The number of alkyl halides is 1. The quantitative estimate of drug-likeness (QED) is 0.841. The van der Waals surface area contributed by atoms with Crippen LogP contribution in [0, 0.1) is 12.8 Å². The zero-order valence-corrected chi connectivity index (χ0v) is 13.8. The second-order valence-electron chi connectivity index (χ2n) is 7.22. The number of nitrogens with zero attached hydrogens (tertiary/aromatic N) is 3. The first-order chi connectivity index (χ1) is 11.5. The fourth-order valence-corrected chi connectivity index (χ4v) is 3.79. The Balaban J connectivity index is 1.32. The van der Waals surface area contributed by atoms with E-state index in [0.29, 0.717) is 38.4 Å². The molecule has 2 aliphatic heterocycles. The third kappa shape index (κ3) is 2.97. The van der Waals surface area contributed by atoms with Crippen LogP contribution in [0.3, 0.4) is 0 Å². The van der Waals surface area contributed by atoms with Crippen molar-refractivity contribution in [2.75, 3.05) is 19.7 Å². The number of carbonyl (C=O) groups is 1. The molecule has 7 heteroatoms. The van der Waals surface area contributed by atoms with Crippen LogP contribution >= 0.6 is 0 Å². The van der Waals surface area contributed by atoms with Gasteiger partial charge < -0.3 is 14.4 Å². The Kier molecular flexibility index (Phi) is 3.90. The lowest BCUT2D eigenvalue weighted by Crippen LogP contribution is -2.68. The van der Waals surface area contributed by atoms with Crippen LogP contribution in [-0.2, 0) is 9.53 Å². The van der Waals surface area contributed by atoms with E-state index >= 15 is 0 Å². The topological polar surface area (TPSA) is 64.6 Å². The van der Waals surface area contributed by atoms with Crippen molar-refractivity contribution in [3.63, 3.8) is 0 Å². The largest absolute Gasteiger partial charge is 0.473 e. The molecule has 0 radical (unpaired) electrons. The van der Waals surface area contributed by atoms with Gasteiger partial charge in [-0.3, -0.25) is 9.78 Å². The molecular formula is C17H22FN3O3. The predicted octanol–water partition coefficient (Wildman–Crippen LogP) is 1.67. The monoisotopic (exact) mass is 335 g/mol. The molecule has 24 heavy (non-hydrogen) atoms. The maximum absolute atomic E-state index is 12.9. The van der Waals surface area contributed by atoms with Crippen molar-refractivity contribution in [2.24, 2.45) is 5.92 Å². The van der Waals surface area contributed by atoms with Gasteiger partial charge in [-0.05, 0) is 19.8 Å². The highest BCUT2D eigenvalue weighted by molar-refractivity contribution is 5.81. The maximum atomic E-state index is 12.9. The molecule has 0 bridgehead atoms. The summed E-state index contributed by atoms with van der Waals surface area (Å²) in [6.07, 6.45) is 4.83. The first kappa shape index (κ1) is 15.7. The molecule has 1 unspecified atom stereocenters. The average molecular weight is 335 g/mol. The summed E-state index contributed by atoms with van der Waals surface area (Å²) < 4.78 is 24.8. The first-order valence-corrected chi connectivity index (χ1v) is 8.55. The van der Waals surface area contributed by atoms with Crippen LogP contribution in [-0.4, -0.2) is 58.3 Å². The van der Waals surface area contributed by atoms with E-state index in [1.165, 1.54) is 0 Å². The molecule has 2 saturated heterocycles. The van der Waals surface area contributed by atoms with E-state index in [-0.39, 0.29) is 23.5 Å². The van der Waals surface area contributed by atoms with Gasteiger partial charge in [0.1, 0.15) is 17.9 Å². The Morgan fingerprint density at radius 1 is 1.42 bits per heavy atom. The van der Waals surface area contributed by atoms with Gasteiger partial charge in [0, 0.05) is 25.0 Å². The SMILES string of the molecule is Cc1cncc(OC2CCOC3(C2)CN(C(=O)C2CC(F)C2)C3)n1. The number of amides is 1. The summed E-state index contributed by atoms with van der Waals surface area (Å²) in [7, 11) is 0. The molecule has 1 aliphatic carbocycles. The third-order valence-electron chi connectivity index (χ3n) is 5.17. The lowest BCUT2D eigenvalue weighted by atomic mass is 9.79. The highest BCUT2D eigenvalue weighted by atomic mass is 19.1. The van der Waals surface area contributed by atoms with Gasteiger partial charge in [-0.25, -0.2) is 9.37 Å². The van der Waals surface area contributed by atoms with Crippen LogP contribution in [0.15, 0.2) is 12.4 Å². The standard InChI is InChI=1S/C17H22FN3O3/c1-11-7-19-8-15(20-11)24-14-2-3-23-17(6-14)9-21(10-17)16(22)12-4-13(18)5-12/h7-8,12-14H,2-6,9-10H2,1H3. The first-order valence-electron chi connectivity index (χ1n) is 8.55. The maximum Gasteiger partial charge on any atom is 0.232 e. The summed E-state index contributed by atoms with van der Waals surface area (Å²) in [5, 5.41) is 0. The molecule has 4 rings (SSSR count). The van der Waals surface area contributed by atoms with Gasteiger partial charge >= 0.3 is 0 Å². The number of aromatic nitrogens is 2. The Morgan fingerprint density at radius 2 is 2.21 bits per heavy atom. The van der Waals surface area contributed by atoms with E-state index in [9.17, 15) is 9.18 Å². The van der Waals surface area contributed by atoms with Crippen molar-refractivity contribution in [3.8, 4) is 5.88 Å². The number of hydrogen-bond acceptors (Lipinski definition) is 5. The molecule has 0 N–H and O–H groups in total. The molecule has 1 aromatic rings. The third-order valence-corrected chi connectivity index (χ3v) is 5.17. The summed E-state index contributed by atoms with van der Waals surface area (Å²) in [6.45, 7) is 3.66. The van der Waals surface area contributed by atoms with Gasteiger partial charge in [0.25, 0.3) is 0 Å². The van der Waals surface area contributed by atoms with Crippen LogP contribution < -0.4 is 4.74 Å². The fraction of sp³-hybridized carbons (Fsp3) is 0.706. The number of carbonyl (C=O) groups excluding carboxylic acids is 1. The molecule has 3 heterocycles. The van der Waals surface area contributed by atoms with Crippen LogP contribution in [0.4, 0.5) is 4.39 Å². The molecular weight excluding hydrogens is 313 g/mol. The molecule has 0 aromatic carbocycles. The second-order valence-corrected chi connectivity index (χ2v) is 7.22. The lowest BCUT2D eigenvalue weighted by Gasteiger charge is -2.54. The van der Waals surface area contributed by atoms with E-state index in [1.54, 1.807) is 17.3 Å². The Labute approximate surface area is 140 Å². The summed E-state index contributed by atoms with van der Waals surface area (Å²) in [5.74, 6) is 0.481. The summed E-state index contributed by atoms with van der Waals surface area (Å²) >= 11 is 0. The molecule has 1 aromatic heterocycles. The molecule has 1 amide bonds. The summed E-state index contributed by atoms with van der Waals surface area (Å²) in [5.41, 5.74) is 0.510. The lowest BCUT2D eigenvalue weighted by molar-refractivity contribution is -0.197. The molecule has 1 spiro atoms. The molecule has 1 atom stereocenters. The van der Waals surface area contributed by atoms with Gasteiger partial charge in [-0.2, -0.15) is 0 Å². The van der Waals surface area contributed by atoms with E-state index < -0.39 is 6.17 Å². The van der Waals surface area contributed by atoms with Crippen molar-refractivity contribution in [1.82, 2.24) is 14.9 Å². The number of ether oxygens (including phenoxy) is 2. The van der Waals surface area contributed by atoms with Gasteiger partial charge in [-0.1, -0.05) is 0 Å². The van der Waals surface area contributed by atoms with Crippen molar-refractivity contribution in [1.29, 1.82) is 0 Å². The zero-order valence-electron chi connectivity index (χ0n) is 13.8. The average Bonchev–Trinajstić information content (AvgIpc) is 2.49. The molecule has 6 nitrogen and oxygen atoms in total. The van der Waals surface area contributed by atoms with E-state index in [2.05, 4.69) is 9.97 Å². The van der Waals surface area contributed by atoms with Gasteiger partial charge in [0.2, 0.25) is 11.8 Å². The molecule has 1 saturated carbocycles. The van der Waals surface area contributed by atoms with E-state index in [4.69, 9.17) is 9.47 Å². The highest BCUT2D eigenvalue weighted by Crippen LogP contribution is 2.39. The minimum absolute atomic E-state index is 0.0195. The number of hydrogen-bond donors (Lipinski definition) is 0. The van der Waals surface area contributed by atoms with E-state index in [0.717, 1.165) is 18.5 Å². The number of rotatable bonds is 3. The minimum Gasteiger partial charge on any atom is -0.473 e. The van der Waals surface area contributed by atoms with Crippen LogP contribution in [0.1, 0.15) is 31.4 Å². The van der Waals surface area contributed by atoms with Crippen LogP contribution in [0.2, 0.25) is 0 Å². The number of likely N-dealkylation sites (tertiary alicyclic amines) is 1. The second kappa shape index (κ2) is 5.95. The Morgan fingerprint density at radius 3 is 2.92 bits per heavy atom. The predicted molar refractivity (Wildman–Crippen MR) is 83.3 cm³/mol. The molecule has 3 fully saturated rings. The van der Waals surface area contributed by atoms with Crippen molar-refractivity contribution < 1.29 is 18.7 Å². The van der Waals surface area contributed by atoms with Crippen molar-refractivity contribution >= 4 is 5.91 Å². The smallest absolute Gasteiger partial charge is 0.232 e. The highest BCUT2D eigenvalue weighted by Gasteiger charge is 2.52. The van der Waals surface area contributed by atoms with Gasteiger partial charge in [0.05, 0.1) is 31.6 Å². The summed E-state index contributed by atoms with van der Waals surface area (Å²) in [6, 6.07) is 0. The van der Waals surface area contributed by atoms with Gasteiger partial charge in [-0.15, -0.1) is 0 Å². The van der Waals surface area contributed by atoms with Crippen LogP contribution in [0.25, 0.3) is 0 Å². The zero-order chi connectivity index (χ0) is 16.7. The normalized spacial score (nSPS) is 31.2. The minimum atomic E-state index is -0.798. The van der Waals surface area contributed by atoms with E-state index in [1.807, 2.05) is 6.92 Å². The van der Waals surface area contributed by atoms with Gasteiger partial charge in [0.15, 0.2) is 0 Å². The molecule has 3 aliphatic rings. The fourth-order valence-electron chi connectivity index (χ4n) is 3.79. The Hall–Kier alpha value is -1.76. The summed E-state index contributed by atoms with van der Waals surface area (Å²) in [4.78, 5) is 22.5. The van der Waals surface area contributed by atoms with Crippen molar-refractivity contribution in [3.05, 3.63) is 18.1 Å². The Bertz CT molecular complexity index is 629. The van der Waals surface area contributed by atoms with Crippen molar-refractivity contribution in [2.45, 2.75) is 50.5 Å².